The molecule has 0 radical (unpaired) electrons. The largest absolute Gasteiger partial charge is 0.573 e. The number of imidazole rings is 1. The molecule has 0 fully saturated rings. The monoisotopic (exact) mass is 574 g/mol. The van der Waals surface area contributed by atoms with Crippen LogP contribution >= 0.6 is 0 Å². The molecule has 0 saturated heterocycles. The Balaban J connectivity index is 0.000000503. The number of carboxylic acids is 1. The molecule has 0 atom stereocenters. The Bertz CT molecular complexity index is 1380. The van der Waals surface area contributed by atoms with E-state index in [4.69, 9.17) is 24.3 Å². The fourth-order valence-corrected chi connectivity index (χ4v) is 3.38. The normalized spacial score (nSPS) is 11.5. The molecule has 3 aromatic rings. The molecular formula is C30H33F3N2O6. The lowest BCUT2D eigenvalue weighted by atomic mass is 10.2. The Hall–Kier alpha value is -4.67. The summed E-state index contributed by atoms with van der Waals surface area (Å²) >= 11 is 0. The highest BCUT2D eigenvalue weighted by molar-refractivity contribution is 5.68. The van der Waals surface area contributed by atoms with E-state index in [1.54, 1.807) is 26.2 Å². The molecule has 1 N–H and O–H groups in total. The third-order valence-corrected chi connectivity index (χ3v) is 5.38. The van der Waals surface area contributed by atoms with Gasteiger partial charge in [-0.2, -0.15) is 0 Å². The molecule has 0 amide bonds. The molecule has 0 saturated carbocycles. The molecule has 8 nitrogen and oxygen atoms in total. The van der Waals surface area contributed by atoms with Gasteiger partial charge in [-0.3, -0.25) is 4.57 Å². The van der Waals surface area contributed by atoms with Crippen LogP contribution in [0, 0.1) is 6.92 Å². The summed E-state index contributed by atoms with van der Waals surface area (Å²) in [7, 11) is 1.64. The topological polar surface area (TPSA) is 92.0 Å². The van der Waals surface area contributed by atoms with Crippen LogP contribution in [-0.4, -0.2) is 40.7 Å². The van der Waals surface area contributed by atoms with E-state index in [2.05, 4.69) is 11.3 Å². The summed E-state index contributed by atoms with van der Waals surface area (Å²) in [4.78, 5) is 15.4. The zero-order valence-corrected chi connectivity index (χ0v) is 23.5. The van der Waals surface area contributed by atoms with Gasteiger partial charge in [0.15, 0.2) is 6.61 Å². The van der Waals surface area contributed by atoms with Gasteiger partial charge >= 0.3 is 12.3 Å². The van der Waals surface area contributed by atoms with Crippen molar-refractivity contribution in [3.05, 3.63) is 96.3 Å². The van der Waals surface area contributed by atoms with Crippen molar-refractivity contribution in [1.82, 2.24) is 9.55 Å². The summed E-state index contributed by atoms with van der Waals surface area (Å²) in [6, 6.07) is 13.1. The number of hydrogen-bond donors (Lipinski definition) is 1. The predicted molar refractivity (Wildman–Crippen MR) is 149 cm³/mol. The third-order valence-electron chi connectivity index (χ3n) is 5.38. The lowest BCUT2D eigenvalue weighted by Gasteiger charge is -2.10. The smallest absolute Gasteiger partial charge is 0.497 e. The van der Waals surface area contributed by atoms with Gasteiger partial charge in [-0.05, 0) is 87.4 Å². The molecule has 220 valence electrons. The lowest BCUT2D eigenvalue weighted by molar-refractivity contribution is -0.303. The van der Waals surface area contributed by atoms with Crippen LogP contribution in [0.4, 0.5) is 13.2 Å². The van der Waals surface area contributed by atoms with E-state index in [1.807, 2.05) is 67.9 Å². The number of aryl methyl sites for hydroxylation is 1. The standard InChI is InChI=1S/C24H26N2O5.C6H7F3O/c1-5-16(2)24-25-18(13-26(24)19-6-8-20(29-4)9-7-19)14-30-21-10-11-22(17(3)12-21)31-15-23(27)28;1-3-4-5(2)10-6(7,8)9/h5-13H,14-15H2,1-4H3,(H,27,28);3-4H,2H2,1H3/b16-5+;4-3-. The summed E-state index contributed by atoms with van der Waals surface area (Å²) in [6.07, 6.45) is 1.89. The first-order valence-corrected chi connectivity index (χ1v) is 12.4. The van der Waals surface area contributed by atoms with Crippen LogP contribution in [0.15, 0.2) is 79.2 Å². The second-order valence-corrected chi connectivity index (χ2v) is 8.51. The number of benzene rings is 2. The number of halogens is 3. The van der Waals surface area contributed by atoms with Crippen molar-refractivity contribution in [2.75, 3.05) is 13.7 Å². The second kappa shape index (κ2) is 15.2. The van der Waals surface area contributed by atoms with Crippen molar-refractivity contribution in [2.45, 2.75) is 40.7 Å². The summed E-state index contributed by atoms with van der Waals surface area (Å²) in [6.45, 7) is 10.3. The highest BCUT2D eigenvalue weighted by Crippen LogP contribution is 2.26. The Kier molecular flexibility index (Phi) is 12.1. The number of alkyl halides is 3. The molecule has 41 heavy (non-hydrogen) atoms. The number of carbonyl (C=O) groups is 1. The van der Waals surface area contributed by atoms with Crippen molar-refractivity contribution in [2.24, 2.45) is 0 Å². The molecule has 1 heterocycles. The quantitative estimate of drug-likeness (QED) is 0.190. The number of aromatic nitrogens is 2. The van der Waals surface area contributed by atoms with E-state index >= 15 is 0 Å². The van der Waals surface area contributed by atoms with E-state index in [1.165, 1.54) is 6.08 Å². The molecule has 0 spiro atoms. The Morgan fingerprint density at radius 2 is 1.76 bits per heavy atom. The number of methoxy groups -OCH3 is 1. The molecule has 0 aliphatic heterocycles. The summed E-state index contributed by atoms with van der Waals surface area (Å²) in [5, 5.41) is 8.75. The van der Waals surface area contributed by atoms with Gasteiger partial charge in [0.05, 0.1) is 12.8 Å². The van der Waals surface area contributed by atoms with Gasteiger partial charge in [0.1, 0.15) is 35.4 Å². The van der Waals surface area contributed by atoms with Gasteiger partial charge in [0.2, 0.25) is 0 Å². The number of hydrogen-bond acceptors (Lipinski definition) is 6. The number of nitrogens with zero attached hydrogens (tertiary/aromatic N) is 2. The van der Waals surface area contributed by atoms with Crippen molar-refractivity contribution >= 4 is 11.5 Å². The minimum atomic E-state index is -4.63. The number of allylic oxidation sites excluding steroid dienone is 4. The number of aliphatic carboxylic acids is 1. The molecular weight excluding hydrogens is 541 g/mol. The van der Waals surface area contributed by atoms with Gasteiger partial charge in [-0.1, -0.05) is 18.7 Å². The van der Waals surface area contributed by atoms with Gasteiger partial charge in [0, 0.05) is 11.9 Å². The molecule has 3 rings (SSSR count). The first-order valence-electron chi connectivity index (χ1n) is 12.4. The van der Waals surface area contributed by atoms with Crippen molar-refractivity contribution in [3.8, 4) is 22.9 Å². The van der Waals surface area contributed by atoms with E-state index in [9.17, 15) is 18.0 Å². The molecule has 0 aliphatic carbocycles. The van der Waals surface area contributed by atoms with Crippen molar-refractivity contribution in [1.29, 1.82) is 0 Å². The highest BCUT2D eigenvalue weighted by Gasteiger charge is 2.30. The van der Waals surface area contributed by atoms with E-state index in [0.29, 0.717) is 18.1 Å². The van der Waals surface area contributed by atoms with Crippen molar-refractivity contribution in [3.63, 3.8) is 0 Å². The molecule has 0 unspecified atom stereocenters. The number of rotatable bonds is 11. The Morgan fingerprint density at radius 3 is 2.29 bits per heavy atom. The SMILES string of the molecule is C/C=C(\C)c1nc(COc2ccc(OCC(=O)O)c(C)c2)cn1-c1ccc(OC)cc1.C=C(/C=C\C)OC(F)(F)F. The fraction of sp³-hybridized carbons (Fsp3) is 0.267. The van der Waals surface area contributed by atoms with Gasteiger partial charge in [-0.25, -0.2) is 9.78 Å². The molecule has 2 aromatic carbocycles. The first-order chi connectivity index (χ1) is 19.4. The average Bonchev–Trinajstić information content (AvgIpc) is 3.34. The van der Waals surface area contributed by atoms with Crippen LogP contribution in [0.5, 0.6) is 17.2 Å². The zero-order chi connectivity index (χ0) is 30.6. The van der Waals surface area contributed by atoms with Crippen LogP contribution < -0.4 is 14.2 Å². The van der Waals surface area contributed by atoms with Crippen molar-refractivity contribution < 1.29 is 42.0 Å². The highest BCUT2D eigenvalue weighted by atomic mass is 19.4. The fourth-order valence-electron chi connectivity index (χ4n) is 3.38. The van der Waals surface area contributed by atoms with Crippen LogP contribution in [0.3, 0.4) is 0 Å². The maximum Gasteiger partial charge on any atom is 0.573 e. The van der Waals surface area contributed by atoms with Gasteiger partial charge < -0.3 is 24.1 Å². The summed E-state index contributed by atoms with van der Waals surface area (Å²) in [5.74, 6) is 1.39. The van der Waals surface area contributed by atoms with Crippen LogP contribution in [0.25, 0.3) is 11.3 Å². The maximum absolute atomic E-state index is 11.3. The molecule has 1 aromatic heterocycles. The predicted octanol–water partition coefficient (Wildman–Crippen LogP) is 7.27. The Labute approximate surface area is 237 Å². The van der Waals surface area contributed by atoms with Gasteiger partial charge in [0.25, 0.3) is 0 Å². The Morgan fingerprint density at radius 1 is 1.10 bits per heavy atom. The number of carboxylic acid groups (broad SMARTS) is 1. The zero-order valence-electron chi connectivity index (χ0n) is 23.5. The minimum Gasteiger partial charge on any atom is -0.497 e. The van der Waals surface area contributed by atoms with Crippen LogP contribution in [0.2, 0.25) is 0 Å². The van der Waals surface area contributed by atoms with Gasteiger partial charge in [-0.15, -0.1) is 13.2 Å². The minimum absolute atomic E-state index is 0.294. The summed E-state index contributed by atoms with van der Waals surface area (Å²) in [5.41, 5.74) is 3.62. The second-order valence-electron chi connectivity index (χ2n) is 8.51. The van der Waals surface area contributed by atoms with Crippen LogP contribution in [-0.2, 0) is 16.1 Å². The van der Waals surface area contributed by atoms with E-state index in [-0.39, 0.29) is 6.61 Å². The lowest BCUT2D eigenvalue weighted by Crippen LogP contribution is -2.11. The summed E-state index contributed by atoms with van der Waals surface area (Å²) < 4.78 is 55.8. The molecule has 0 bridgehead atoms. The maximum atomic E-state index is 11.3. The number of ether oxygens (including phenoxy) is 4. The molecule has 11 heteroatoms. The first kappa shape index (κ1) is 32.5. The molecule has 0 aliphatic rings. The third kappa shape index (κ3) is 10.8. The van der Waals surface area contributed by atoms with E-state index < -0.39 is 18.1 Å². The van der Waals surface area contributed by atoms with E-state index in [0.717, 1.165) is 40.2 Å². The van der Waals surface area contributed by atoms with Crippen LogP contribution in [0.1, 0.15) is 37.9 Å². The average molecular weight is 575 g/mol.